The fraction of sp³-hybridized carbons (Fsp3) is 0.111. The number of rotatable bonds is 4. The van der Waals surface area contributed by atoms with Gasteiger partial charge in [0.1, 0.15) is 0 Å². The third-order valence-corrected chi connectivity index (χ3v) is 4.73. The summed E-state index contributed by atoms with van der Waals surface area (Å²) >= 11 is 1.31. The van der Waals surface area contributed by atoms with Crippen LogP contribution in [0.4, 0.5) is 11.5 Å². The van der Waals surface area contributed by atoms with Gasteiger partial charge in [0.15, 0.2) is 10.8 Å². The molecule has 3 aromatic heterocycles. The molecule has 0 aliphatic carbocycles. The molecule has 9 nitrogen and oxygen atoms in total. The van der Waals surface area contributed by atoms with E-state index in [1.54, 1.807) is 24.8 Å². The average molecular weight is 313 g/mol. The molecule has 0 amide bonds. The third-order valence-electron chi connectivity index (χ3n) is 2.57. The van der Waals surface area contributed by atoms with E-state index in [-0.39, 0.29) is 10.8 Å². The van der Waals surface area contributed by atoms with Crippen molar-refractivity contribution in [3.8, 4) is 0 Å². The molecule has 11 heteroatoms. The van der Waals surface area contributed by atoms with Gasteiger partial charge in [-0.15, -0.1) is 11.3 Å². The Labute approximate surface area is 118 Å². The first-order valence-electron chi connectivity index (χ1n) is 5.45. The van der Waals surface area contributed by atoms with E-state index in [0.29, 0.717) is 10.6 Å². The molecular weight excluding hydrogens is 302 g/mol. The molecule has 20 heavy (non-hydrogen) atoms. The number of hydrogen-bond acceptors (Lipinski definition) is 7. The van der Waals surface area contributed by atoms with Gasteiger partial charge in [0.2, 0.25) is 5.03 Å². The number of hydrogen-bond donors (Lipinski definition) is 3. The van der Waals surface area contributed by atoms with Crippen LogP contribution >= 0.6 is 11.3 Å². The number of aryl methyl sites for hydroxylation is 1. The number of fused-ring (bicyclic) bond motifs is 1. The molecule has 0 bridgehead atoms. The Hall–Kier alpha value is -2.11. The molecule has 3 rings (SSSR count). The van der Waals surface area contributed by atoms with Crippen LogP contribution in [-0.4, -0.2) is 27.6 Å². The fourth-order valence-corrected chi connectivity index (χ4v) is 3.84. The van der Waals surface area contributed by atoms with Gasteiger partial charge in [-0.05, 0) is 0 Å². The van der Waals surface area contributed by atoms with Crippen molar-refractivity contribution in [1.29, 1.82) is 0 Å². The van der Waals surface area contributed by atoms with E-state index in [1.165, 1.54) is 26.6 Å². The molecule has 4 N–H and O–H groups in total. The van der Waals surface area contributed by atoms with Gasteiger partial charge in [-0.3, -0.25) is 13.8 Å². The number of nitrogens with one attached hydrogen (secondary N) is 2. The van der Waals surface area contributed by atoms with Gasteiger partial charge in [0.05, 0.1) is 11.9 Å². The van der Waals surface area contributed by atoms with Gasteiger partial charge in [-0.2, -0.15) is 18.5 Å². The maximum atomic E-state index is 12.5. The molecule has 0 saturated heterocycles. The highest BCUT2D eigenvalue weighted by Crippen LogP contribution is 2.26. The minimum absolute atomic E-state index is 0.0416. The van der Waals surface area contributed by atoms with E-state index in [1.807, 2.05) is 0 Å². The molecule has 0 saturated carbocycles. The Morgan fingerprint density at radius 3 is 2.90 bits per heavy atom. The van der Waals surface area contributed by atoms with Crippen molar-refractivity contribution >= 4 is 37.8 Å². The lowest BCUT2D eigenvalue weighted by Gasteiger charge is -2.06. The van der Waals surface area contributed by atoms with Gasteiger partial charge in [-0.1, -0.05) is 0 Å². The zero-order valence-electron chi connectivity index (χ0n) is 10.3. The minimum Gasteiger partial charge on any atom is -0.306 e. The molecular formula is C9H11N7O2S2. The van der Waals surface area contributed by atoms with Crippen LogP contribution in [0, 0.1) is 0 Å². The number of anilines is 2. The summed E-state index contributed by atoms with van der Waals surface area (Å²) in [6.45, 7) is 0. The zero-order chi connectivity index (χ0) is 14.3. The summed E-state index contributed by atoms with van der Waals surface area (Å²) in [5.74, 6) is 5.43. The normalized spacial score (nSPS) is 11.9. The summed E-state index contributed by atoms with van der Waals surface area (Å²) in [5.41, 5.74) is 2.66. The Bertz CT molecular complexity index is 860. The monoisotopic (exact) mass is 313 g/mol. The Morgan fingerprint density at radius 1 is 1.45 bits per heavy atom. The highest BCUT2D eigenvalue weighted by molar-refractivity contribution is 7.92. The van der Waals surface area contributed by atoms with Crippen LogP contribution in [0.1, 0.15) is 0 Å². The SMILES string of the molecule is Cn1cc(NS(=O)(=O)c2c(NN)nc3sccn23)cn1. The van der Waals surface area contributed by atoms with Gasteiger partial charge in [0.25, 0.3) is 10.0 Å². The molecule has 3 heterocycles. The number of aromatic nitrogens is 4. The summed E-state index contributed by atoms with van der Waals surface area (Å²) in [7, 11) is -2.14. The molecule has 106 valence electrons. The lowest BCUT2D eigenvalue weighted by molar-refractivity contribution is 0.597. The van der Waals surface area contributed by atoms with Gasteiger partial charge in [0, 0.05) is 24.8 Å². The van der Waals surface area contributed by atoms with E-state index in [0.717, 1.165) is 0 Å². The van der Waals surface area contributed by atoms with Crippen LogP contribution in [0.15, 0.2) is 29.0 Å². The topological polar surface area (TPSA) is 119 Å². The van der Waals surface area contributed by atoms with Crippen molar-refractivity contribution in [1.82, 2.24) is 19.2 Å². The number of nitrogen functional groups attached to an aromatic ring is 1. The number of nitrogens with two attached hydrogens (primary N) is 1. The summed E-state index contributed by atoms with van der Waals surface area (Å²) < 4.78 is 30.3. The smallest absolute Gasteiger partial charge is 0.281 e. The predicted molar refractivity (Wildman–Crippen MR) is 74.9 cm³/mol. The molecule has 0 aliphatic heterocycles. The summed E-state index contributed by atoms with van der Waals surface area (Å²) in [6, 6.07) is 0. The number of hydrazine groups is 1. The summed E-state index contributed by atoms with van der Waals surface area (Å²) in [5, 5.41) is 5.61. The summed E-state index contributed by atoms with van der Waals surface area (Å²) in [6.07, 6.45) is 4.59. The lowest BCUT2D eigenvalue weighted by atomic mass is 10.6. The number of sulfonamides is 1. The van der Waals surface area contributed by atoms with Gasteiger partial charge >= 0.3 is 0 Å². The number of thiazole rings is 1. The van der Waals surface area contributed by atoms with Crippen molar-refractivity contribution in [2.75, 3.05) is 10.1 Å². The average Bonchev–Trinajstić information content (AvgIpc) is 3.02. The van der Waals surface area contributed by atoms with E-state index >= 15 is 0 Å². The Morgan fingerprint density at radius 2 is 2.25 bits per heavy atom. The minimum atomic E-state index is -3.83. The van der Waals surface area contributed by atoms with Crippen LogP contribution in [0.5, 0.6) is 0 Å². The van der Waals surface area contributed by atoms with Crippen molar-refractivity contribution in [3.63, 3.8) is 0 Å². The largest absolute Gasteiger partial charge is 0.306 e. The van der Waals surface area contributed by atoms with Gasteiger partial charge in [-0.25, -0.2) is 5.84 Å². The molecule has 0 aromatic carbocycles. The second-order valence-electron chi connectivity index (χ2n) is 3.97. The van der Waals surface area contributed by atoms with Crippen LogP contribution in [-0.2, 0) is 17.1 Å². The zero-order valence-corrected chi connectivity index (χ0v) is 11.9. The number of imidazole rings is 1. The second kappa shape index (κ2) is 4.47. The molecule has 0 atom stereocenters. The molecule has 0 fully saturated rings. The van der Waals surface area contributed by atoms with Gasteiger partial charge < -0.3 is 5.43 Å². The van der Waals surface area contributed by atoms with Crippen molar-refractivity contribution in [3.05, 3.63) is 24.0 Å². The number of nitrogens with zero attached hydrogens (tertiary/aromatic N) is 4. The molecule has 0 radical (unpaired) electrons. The third kappa shape index (κ3) is 2.01. The second-order valence-corrected chi connectivity index (χ2v) is 6.44. The van der Waals surface area contributed by atoms with Crippen molar-refractivity contribution in [2.45, 2.75) is 5.03 Å². The quantitative estimate of drug-likeness (QED) is 0.468. The van der Waals surface area contributed by atoms with Crippen LogP contribution in [0.3, 0.4) is 0 Å². The van der Waals surface area contributed by atoms with Crippen LogP contribution in [0.2, 0.25) is 0 Å². The highest BCUT2D eigenvalue weighted by Gasteiger charge is 2.26. The van der Waals surface area contributed by atoms with Crippen LogP contribution in [0.25, 0.3) is 4.96 Å². The maximum absolute atomic E-state index is 12.5. The Balaban J connectivity index is 2.10. The van der Waals surface area contributed by atoms with E-state index < -0.39 is 10.0 Å². The first-order chi connectivity index (χ1) is 9.51. The Kier molecular flexibility index (Phi) is 2.88. The van der Waals surface area contributed by atoms with Crippen molar-refractivity contribution < 1.29 is 8.42 Å². The summed E-state index contributed by atoms with van der Waals surface area (Å²) in [4.78, 5) is 4.64. The highest BCUT2D eigenvalue weighted by atomic mass is 32.2. The predicted octanol–water partition coefficient (Wildman–Crippen LogP) is 0.216. The molecule has 0 aliphatic rings. The molecule has 0 spiro atoms. The maximum Gasteiger partial charge on any atom is 0.281 e. The standard InChI is InChI=1S/C9H11N7O2S2/c1-15-5-6(4-11-15)14-20(17,18)8-7(13-10)12-9-16(8)2-3-19-9/h2-5,13-14H,10H2,1H3. The van der Waals surface area contributed by atoms with E-state index in [9.17, 15) is 8.42 Å². The van der Waals surface area contributed by atoms with E-state index in [4.69, 9.17) is 5.84 Å². The molecule has 0 unspecified atom stereocenters. The van der Waals surface area contributed by atoms with Crippen LogP contribution < -0.4 is 16.0 Å². The van der Waals surface area contributed by atoms with Crippen molar-refractivity contribution in [2.24, 2.45) is 12.9 Å². The molecule has 3 aromatic rings. The fourth-order valence-electron chi connectivity index (χ4n) is 1.79. The lowest BCUT2D eigenvalue weighted by Crippen LogP contribution is -2.18. The van der Waals surface area contributed by atoms with E-state index in [2.05, 4.69) is 20.2 Å². The first kappa shape index (κ1) is 12.9. The first-order valence-corrected chi connectivity index (χ1v) is 7.81.